The van der Waals surface area contributed by atoms with Crippen molar-refractivity contribution in [3.63, 3.8) is 0 Å². The van der Waals surface area contributed by atoms with Gasteiger partial charge < -0.3 is 63.0 Å². The largest absolute Gasteiger partial charge is 0.459 e. The Bertz CT molecular complexity index is 2010. The minimum absolute atomic E-state index is 0.0324. The molecule has 440 valence electrons. The summed E-state index contributed by atoms with van der Waals surface area (Å²) >= 11 is 0. The van der Waals surface area contributed by atoms with E-state index in [1.807, 2.05) is 51.0 Å². The van der Waals surface area contributed by atoms with Crippen LogP contribution in [0.3, 0.4) is 0 Å². The van der Waals surface area contributed by atoms with E-state index < -0.39 is 126 Å². The second-order valence-electron chi connectivity index (χ2n) is 23.7. The number of hydrogen-bond donors (Lipinski definition) is 5. The molecule has 3 saturated heterocycles. The number of aliphatic hydroxyl groups excluding tert-OH is 1. The molecular formula is C58H98N4O15. The fourth-order valence-electron chi connectivity index (χ4n) is 12.4. The quantitative estimate of drug-likeness (QED) is 0.0393. The lowest BCUT2D eigenvalue weighted by atomic mass is 9.73. The minimum Gasteiger partial charge on any atom is -0.459 e. The predicted molar refractivity (Wildman–Crippen MR) is 290 cm³/mol. The van der Waals surface area contributed by atoms with Crippen LogP contribution < -0.4 is 10.9 Å². The second-order valence-corrected chi connectivity index (χ2v) is 23.7. The number of aryl methyl sites for hydroxylation is 1. The summed E-state index contributed by atoms with van der Waals surface area (Å²) in [5.74, 6) is -4.13. The maximum absolute atomic E-state index is 14.8. The summed E-state index contributed by atoms with van der Waals surface area (Å²) < 4.78 is 51.4. The summed E-state index contributed by atoms with van der Waals surface area (Å²) in [6, 6.07) is 9.66. The normalized spacial score (nSPS) is 38.6. The number of nitrogens with one attached hydrogen (secondary N) is 2. The van der Waals surface area contributed by atoms with Crippen molar-refractivity contribution in [2.24, 2.45) is 34.7 Å². The summed E-state index contributed by atoms with van der Waals surface area (Å²) in [6.45, 7) is 19.5. The molecule has 1 unspecified atom stereocenters. The SMILES string of the molecule is CC[C@@H]1OC(=O)[C@H](C)[C@@H](O[C@H]2C[C@@](C)(OC)[C@@H](OC(C)=O)[C@H](C)O2)[C@H](C)[C@@H](O[C@@H]2O[C@H](C)C[C@H](N(C)C)[C@H]2OC(=O)NNCCCc2ccccc2)C(C)(O)C[C@@H](C)/C(=N\OCCCC2CCCCC2)[C@@H](C)[C@@H](O)[C@]1(C)O. The van der Waals surface area contributed by atoms with Gasteiger partial charge in [0, 0.05) is 44.8 Å². The maximum Gasteiger partial charge on any atom is 0.422 e. The number of hydrogen-bond acceptors (Lipinski definition) is 18. The summed E-state index contributed by atoms with van der Waals surface area (Å²) in [6.07, 6.45) is -0.993. The first kappa shape index (κ1) is 64.3. The van der Waals surface area contributed by atoms with Gasteiger partial charge in [0.2, 0.25) is 0 Å². The molecule has 4 fully saturated rings. The van der Waals surface area contributed by atoms with Crippen LogP contribution in [0.4, 0.5) is 4.79 Å². The van der Waals surface area contributed by atoms with Gasteiger partial charge >= 0.3 is 18.0 Å². The van der Waals surface area contributed by atoms with Crippen LogP contribution in [0.5, 0.6) is 0 Å². The number of ether oxygens (including phenoxy) is 8. The van der Waals surface area contributed by atoms with E-state index in [4.69, 9.17) is 47.9 Å². The lowest BCUT2D eigenvalue weighted by Gasteiger charge is -2.49. The van der Waals surface area contributed by atoms with Gasteiger partial charge in [0.25, 0.3) is 0 Å². The molecule has 1 saturated carbocycles. The van der Waals surface area contributed by atoms with Crippen LogP contribution in [0.2, 0.25) is 0 Å². The van der Waals surface area contributed by atoms with Crippen molar-refractivity contribution in [2.45, 2.75) is 244 Å². The van der Waals surface area contributed by atoms with Crippen LogP contribution >= 0.6 is 0 Å². The van der Waals surface area contributed by atoms with Gasteiger partial charge in [-0.05, 0) is 112 Å². The Morgan fingerprint density at radius 2 is 1.57 bits per heavy atom. The number of hydrazine groups is 1. The van der Waals surface area contributed by atoms with Crippen LogP contribution in [-0.4, -0.2) is 163 Å². The van der Waals surface area contributed by atoms with Crippen molar-refractivity contribution in [3.05, 3.63) is 35.9 Å². The number of rotatable bonds is 19. The number of oxime groups is 1. The van der Waals surface area contributed by atoms with E-state index in [2.05, 4.69) is 23.0 Å². The number of cyclic esters (lactones) is 1. The highest BCUT2D eigenvalue weighted by molar-refractivity contribution is 5.88. The molecule has 1 aromatic rings. The molecule has 19 nitrogen and oxygen atoms in total. The summed E-state index contributed by atoms with van der Waals surface area (Å²) in [5.41, 5.74) is 2.33. The molecular weight excluding hydrogens is 993 g/mol. The zero-order valence-electron chi connectivity index (χ0n) is 48.9. The highest BCUT2D eigenvalue weighted by atomic mass is 16.7. The van der Waals surface area contributed by atoms with E-state index >= 15 is 0 Å². The van der Waals surface area contributed by atoms with Crippen molar-refractivity contribution >= 4 is 23.7 Å². The first-order valence-corrected chi connectivity index (χ1v) is 28.6. The summed E-state index contributed by atoms with van der Waals surface area (Å²) in [7, 11) is 5.28. The monoisotopic (exact) mass is 1090 g/mol. The van der Waals surface area contributed by atoms with Gasteiger partial charge in [0.15, 0.2) is 24.8 Å². The Kier molecular flexibility index (Phi) is 24.5. The van der Waals surface area contributed by atoms with Gasteiger partial charge in [0.1, 0.15) is 23.9 Å². The zero-order chi connectivity index (χ0) is 56.8. The van der Waals surface area contributed by atoms with Gasteiger partial charge in [-0.2, -0.15) is 0 Å². The van der Waals surface area contributed by atoms with E-state index in [0.717, 1.165) is 25.7 Å². The first-order chi connectivity index (χ1) is 36.3. The van der Waals surface area contributed by atoms with Crippen LogP contribution in [0, 0.1) is 29.6 Å². The lowest BCUT2D eigenvalue weighted by Crippen LogP contribution is -2.62. The van der Waals surface area contributed by atoms with Crippen LogP contribution in [-0.2, 0) is 58.7 Å². The van der Waals surface area contributed by atoms with Gasteiger partial charge in [-0.15, -0.1) is 0 Å². The third-order valence-electron chi connectivity index (χ3n) is 16.9. The zero-order valence-corrected chi connectivity index (χ0v) is 48.9. The van der Waals surface area contributed by atoms with Gasteiger partial charge in [-0.25, -0.2) is 10.2 Å². The van der Waals surface area contributed by atoms with Crippen molar-refractivity contribution in [2.75, 3.05) is 34.4 Å². The first-order valence-electron chi connectivity index (χ1n) is 28.6. The Balaban J connectivity index is 1.56. The number of carbonyl (C=O) groups is 3. The molecule has 77 heavy (non-hydrogen) atoms. The average Bonchev–Trinajstić information content (AvgIpc) is 3.38. The van der Waals surface area contributed by atoms with E-state index in [1.165, 1.54) is 58.6 Å². The van der Waals surface area contributed by atoms with Crippen molar-refractivity contribution in [3.8, 4) is 0 Å². The molecule has 0 radical (unpaired) electrons. The van der Waals surface area contributed by atoms with E-state index in [-0.39, 0.29) is 19.3 Å². The third kappa shape index (κ3) is 17.5. The smallest absolute Gasteiger partial charge is 0.422 e. The topological polar surface area (TPSA) is 235 Å². The maximum atomic E-state index is 14.8. The van der Waals surface area contributed by atoms with Crippen molar-refractivity contribution < 1.29 is 72.4 Å². The highest BCUT2D eigenvalue weighted by Gasteiger charge is 2.55. The Morgan fingerprint density at radius 1 is 0.883 bits per heavy atom. The molecule has 5 rings (SSSR count). The average molecular weight is 1090 g/mol. The Hall–Kier alpha value is -3.50. The van der Waals surface area contributed by atoms with Crippen LogP contribution in [0.25, 0.3) is 0 Å². The molecule has 4 aliphatic rings. The van der Waals surface area contributed by atoms with Gasteiger partial charge in [-0.1, -0.05) is 95.3 Å². The number of methoxy groups -OCH3 is 1. The van der Waals surface area contributed by atoms with Gasteiger partial charge in [-0.3, -0.25) is 15.0 Å². The molecule has 0 bridgehead atoms. The van der Waals surface area contributed by atoms with Crippen LogP contribution in [0.1, 0.15) is 159 Å². The fourth-order valence-corrected chi connectivity index (χ4v) is 12.4. The van der Waals surface area contributed by atoms with E-state index in [0.29, 0.717) is 31.2 Å². The number of benzene rings is 1. The predicted octanol–water partition coefficient (Wildman–Crippen LogP) is 7.39. The molecule has 1 amide bonds. The molecule has 3 aliphatic heterocycles. The van der Waals surface area contributed by atoms with E-state index in [9.17, 15) is 29.7 Å². The minimum atomic E-state index is -1.98. The molecule has 0 aromatic heterocycles. The number of nitrogens with zero attached hydrogens (tertiary/aromatic N) is 2. The lowest BCUT2D eigenvalue weighted by molar-refractivity contribution is -0.318. The van der Waals surface area contributed by atoms with Crippen molar-refractivity contribution in [1.82, 2.24) is 15.8 Å². The molecule has 18 atom stereocenters. The molecule has 1 aliphatic carbocycles. The number of aliphatic hydroxyl groups is 3. The molecule has 19 heteroatoms. The number of likely N-dealkylation sites (N-methyl/N-ethyl adjacent to an activating group) is 1. The Labute approximate surface area is 459 Å². The van der Waals surface area contributed by atoms with Crippen molar-refractivity contribution in [1.29, 1.82) is 0 Å². The Morgan fingerprint density at radius 3 is 2.21 bits per heavy atom. The summed E-state index contributed by atoms with van der Waals surface area (Å²) in [5, 5.41) is 42.5. The third-order valence-corrected chi connectivity index (χ3v) is 16.9. The number of esters is 2. The molecule has 5 N–H and O–H groups in total. The van der Waals surface area contributed by atoms with Gasteiger partial charge in [0.05, 0.1) is 53.8 Å². The highest BCUT2D eigenvalue weighted by Crippen LogP contribution is 2.42. The summed E-state index contributed by atoms with van der Waals surface area (Å²) in [4.78, 5) is 48.9. The molecule has 1 aromatic carbocycles. The standard InChI is InChI=1S/C58H98N4O15/c1-15-45-58(11,68)50(64)37(4)47(61-70-31-23-29-43-26-20-17-21-27-43)35(2)33-56(9,67)51(38(5)48(39(6)53(65)74-45)75-46-34-57(10,69-14)52(40(7)72-46)73-41(8)63)77-54-49(44(62(12)13)32-36(3)71-54)76-55(66)60-59-30-22-28-42-24-18-16-19-25-42/h16,18-19,24-25,35-40,43-46,48-52,54,59,64,67-68H,15,17,20-23,26-34H2,1-14H3,(H,60,66)/b61-47+/t35-,36-,37-,38+,39-,40+,44+,45+,46+,48+,49-,50-,51-,52+,54+,56?,57-,58-/m1/s1. The van der Waals surface area contributed by atoms with Crippen LogP contribution in [0.15, 0.2) is 35.5 Å². The van der Waals surface area contributed by atoms with E-state index in [1.54, 1.807) is 48.5 Å². The molecule has 0 spiro atoms. The number of amides is 1. The molecule has 3 heterocycles. The fraction of sp³-hybridized carbons (Fsp3) is 0.828. The second kappa shape index (κ2) is 29.3. The number of carbonyl (C=O) groups excluding carboxylic acids is 3.